The molecule has 1 N–H and O–H groups in total. The molecule has 0 spiro atoms. The van der Waals surface area contributed by atoms with E-state index in [1.165, 1.54) is 12.1 Å². The lowest BCUT2D eigenvalue weighted by Crippen LogP contribution is -2.52. The molecular formula is C19H21FN2O2S. The molecule has 3 aliphatic rings. The second kappa shape index (κ2) is 7.14. The van der Waals surface area contributed by atoms with Crippen molar-refractivity contribution in [3.05, 3.63) is 47.1 Å². The van der Waals surface area contributed by atoms with E-state index in [0.29, 0.717) is 12.5 Å². The van der Waals surface area contributed by atoms with Gasteiger partial charge in [0, 0.05) is 18.0 Å². The number of piperidine rings is 3. The first-order valence-corrected chi connectivity index (χ1v) is 9.56. The van der Waals surface area contributed by atoms with E-state index in [0.717, 1.165) is 48.5 Å². The van der Waals surface area contributed by atoms with Crippen LogP contribution in [-0.4, -0.2) is 36.7 Å². The number of ether oxygens (including phenoxy) is 1. The number of fused-ring (bicyclic) bond motifs is 3. The van der Waals surface area contributed by atoms with Crippen molar-refractivity contribution < 1.29 is 13.9 Å². The largest absolute Gasteiger partial charge is 0.445 e. The van der Waals surface area contributed by atoms with Gasteiger partial charge in [0.2, 0.25) is 0 Å². The topological polar surface area (TPSA) is 41.6 Å². The fourth-order valence-corrected chi connectivity index (χ4v) is 4.67. The molecule has 1 aromatic carbocycles. The van der Waals surface area contributed by atoms with Gasteiger partial charge in [-0.15, -0.1) is 11.3 Å². The highest BCUT2D eigenvalue weighted by molar-refractivity contribution is 7.13. The van der Waals surface area contributed by atoms with E-state index < -0.39 is 0 Å². The monoisotopic (exact) mass is 360 g/mol. The molecule has 2 bridgehead atoms. The summed E-state index contributed by atoms with van der Waals surface area (Å²) >= 11 is 1.54. The molecule has 0 aliphatic carbocycles. The van der Waals surface area contributed by atoms with Crippen LogP contribution in [0.2, 0.25) is 0 Å². The Hall–Kier alpha value is -1.92. The fourth-order valence-electron chi connectivity index (χ4n) is 3.75. The number of carbonyl (C=O) groups is 1. The number of alkyl carbamates (subject to hydrolysis) is 1. The van der Waals surface area contributed by atoms with Gasteiger partial charge in [-0.25, -0.2) is 9.18 Å². The second-order valence-electron chi connectivity index (χ2n) is 6.72. The molecule has 3 fully saturated rings. The van der Waals surface area contributed by atoms with Crippen LogP contribution in [0.1, 0.15) is 18.4 Å². The van der Waals surface area contributed by atoms with Crippen molar-refractivity contribution in [2.24, 2.45) is 5.92 Å². The van der Waals surface area contributed by atoms with Gasteiger partial charge in [0.1, 0.15) is 11.9 Å². The Balaban J connectivity index is 1.36. The molecule has 132 valence electrons. The Labute approximate surface area is 150 Å². The van der Waals surface area contributed by atoms with E-state index in [2.05, 4.69) is 10.2 Å². The number of carbonyl (C=O) groups excluding carboxylic acids is 1. The number of benzene rings is 1. The van der Waals surface area contributed by atoms with Crippen LogP contribution in [0.25, 0.3) is 10.4 Å². The highest BCUT2D eigenvalue weighted by atomic mass is 32.1. The number of rotatable bonds is 4. The normalized spacial score (nSPS) is 24.9. The summed E-state index contributed by atoms with van der Waals surface area (Å²) in [5, 5.41) is 4.80. The fraction of sp³-hybridized carbons (Fsp3) is 0.421. The van der Waals surface area contributed by atoms with E-state index in [4.69, 9.17) is 4.74 Å². The lowest BCUT2D eigenvalue weighted by Gasteiger charge is -2.43. The zero-order chi connectivity index (χ0) is 17.2. The van der Waals surface area contributed by atoms with E-state index in [1.54, 1.807) is 17.4 Å². The Morgan fingerprint density at radius 1 is 1.32 bits per heavy atom. The number of halogens is 1. The van der Waals surface area contributed by atoms with Crippen LogP contribution in [-0.2, 0) is 11.3 Å². The van der Waals surface area contributed by atoms with Gasteiger partial charge in [-0.05, 0) is 66.6 Å². The SMILES string of the molecule is O=C(NCc1ccsc1-c1cccc(F)c1)OC1CN2CCC1CC2. The molecule has 0 radical (unpaired) electrons. The number of nitrogens with one attached hydrogen (secondary N) is 1. The number of hydrogen-bond donors (Lipinski definition) is 1. The zero-order valence-electron chi connectivity index (χ0n) is 13.9. The maximum absolute atomic E-state index is 13.5. The molecule has 25 heavy (non-hydrogen) atoms. The summed E-state index contributed by atoms with van der Waals surface area (Å²) in [7, 11) is 0. The maximum atomic E-state index is 13.5. The summed E-state index contributed by atoms with van der Waals surface area (Å²) in [6, 6.07) is 8.48. The zero-order valence-corrected chi connectivity index (χ0v) is 14.7. The molecule has 2 aromatic rings. The summed E-state index contributed by atoms with van der Waals surface area (Å²) in [6.45, 7) is 3.48. The quantitative estimate of drug-likeness (QED) is 0.900. The van der Waals surface area contributed by atoms with Gasteiger partial charge in [0.05, 0.1) is 0 Å². The van der Waals surface area contributed by atoms with Gasteiger partial charge in [0.25, 0.3) is 0 Å². The first-order chi connectivity index (χ1) is 12.2. The minimum atomic E-state index is -0.366. The Bertz CT molecular complexity index is 755. The first-order valence-electron chi connectivity index (χ1n) is 8.68. The average molecular weight is 360 g/mol. The molecule has 6 heteroatoms. The van der Waals surface area contributed by atoms with E-state index in [1.807, 2.05) is 17.5 Å². The summed E-state index contributed by atoms with van der Waals surface area (Å²) in [5.74, 6) is 0.242. The predicted molar refractivity (Wildman–Crippen MR) is 96.0 cm³/mol. The number of hydrogen-bond acceptors (Lipinski definition) is 4. The van der Waals surface area contributed by atoms with Crippen molar-refractivity contribution in [3.8, 4) is 10.4 Å². The maximum Gasteiger partial charge on any atom is 0.407 e. The molecule has 1 aromatic heterocycles. The minimum Gasteiger partial charge on any atom is -0.445 e. The molecule has 1 amide bonds. The van der Waals surface area contributed by atoms with Crippen LogP contribution in [0, 0.1) is 11.7 Å². The van der Waals surface area contributed by atoms with Crippen molar-refractivity contribution in [1.29, 1.82) is 0 Å². The van der Waals surface area contributed by atoms with E-state index in [9.17, 15) is 9.18 Å². The minimum absolute atomic E-state index is 0.00710. The third-order valence-corrected chi connectivity index (χ3v) is 6.12. The number of nitrogens with zero attached hydrogens (tertiary/aromatic N) is 1. The molecule has 3 saturated heterocycles. The van der Waals surface area contributed by atoms with Gasteiger partial charge in [0.15, 0.2) is 0 Å². The molecule has 1 unspecified atom stereocenters. The van der Waals surface area contributed by atoms with Crippen molar-refractivity contribution in [2.45, 2.75) is 25.5 Å². The lowest BCUT2D eigenvalue weighted by molar-refractivity contribution is -0.0332. The van der Waals surface area contributed by atoms with Gasteiger partial charge in [-0.1, -0.05) is 12.1 Å². The predicted octanol–water partition coefficient (Wildman–Crippen LogP) is 3.87. The van der Waals surface area contributed by atoms with Crippen molar-refractivity contribution in [1.82, 2.24) is 10.2 Å². The molecule has 0 saturated carbocycles. The highest BCUT2D eigenvalue weighted by Crippen LogP contribution is 2.31. The molecule has 3 aliphatic heterocycles. The van der Waals surface area contributed by atoms with Crippen LogP contribution in [0.5, 0.6) is 0 Å². The molecule has 4 nitrogen and oxygen atoms in total. The van der Waals surface area contributed by atoms with Crippen molar-refractivity contribution in [2.75, 3.05) is 19.6 Å². The van der Waals surface area contributed by atoms with Crippen LogP contribution in [0.4, 0.5) is 9.18 Å². The smallest absolute Gasteiger partial charge is 0.407 e. The molecule has 5 rings (SSSR count). The van der Waals surface area contributed by atoms with Crippen molar-refractivity contribution >= 4 is 17.4 Å². The number of amides is 1. The number of thiophene rings is 1. The van der Waals surface area contributed by atoms with Crippen LogP contribution >= 0.6 is 11.3 Å². The summed E-state index contributed by atoms with van der Waals surface area (Å²) < 4.78 is 19.1. The van der Waals surface area contributed by atoms with Crippen LogP contribution < -0.4 is 5.32 Å². The lowest BCUT2D eigenvalue weighted by atomic mass is 9.86. The van der Waals surface area contributed by atoms with Gasteiger partial charge in [-0.3, -0.25) is 4.90 Å². The highest BCUT2D eigenvalue weighted by Gasteiger charge is 2.36. The summed E-state index contributed by atoms with van der Waals surface area (Å²) in [5.41, 5.74) is 1.80. The molecule has 1 atom stereocenters. The van der Waals surface area contributed by atoms with Gasteiger partial charge in [-0.2, -0.15) is 0 Å². The van der Waals surface area contributed by atoms with E-state index >= 15 is 0 Å². The Morgan fingerprint density at radius 3 is 2.88 bits per heavy atom. The third-order valence-electron chi connectivity index (χ3n) is 5.11. The Morgan fingerprint density at radius 2 is 2.16 bits per heavy atom. The first kappa shape index (κ1) is 16.5. The third kappa shape index (κ3) is 3.70. The summed E-state index contributed by atoms with van der Waals surface area (Å²) in [6.07, 6.45) is 1.88. The summed E-state index contributed by atoms with van der Waals surface area (Å²) in [4.78, 5) is 15.5. The van der Waals surface area contributed by atoms with Crippen LogP contribution in [0.15, 0.2) is 35.7 Å². The van der Waals surface area contributed by atoms with Gasteiger partial charge < -0.3 is 10.1 Å². The average Bonchev–Trinajstić information content (AvgIpc) is 3.10. The second-order valence-corrected chi connectivity index (χ2v) is 7.64. The Kier molecular flexibility index (Phi) is 4.72. The van der Waals surface area contributed by atoms with E-state index in [-0.39, 0.29) is 18.0 Å². The van der Waals surface area contributed by atoms with Crippen molar-refractivity contribution in [3.63, 3.8) is 0 Å². The van der Waals surface area contributed by atoms with Crippen LogP contribution in [0.3, 0.4) is 0 Å². The molecule has 4 heterocycles. The van der Waals surface area contributed by atoms with Gasteiger partial charge >= 0.3 is 6.09 Å². The molecular weight excluding hydrogens is 339 g/mol. The standard InChI is InChI=1S/C19H21FN2O2S/c20-16-3-1-2-14(10-16)18-15(6-9-25-18)11-21-19(23)24-17-12-22-7-4-13(17)5-8-22/h1-3,6,9-10,13,17H,4-5,7-8,11-12H2,(H,21,23).